The van der Waals surface area contributed by atoms with Gasteiger partial charge in [0.1, 0.15) is 17.7 Å². The van der Waals surface area contributed by atoms with E-state index >= 15 is 0 Å². The average Bonchev–Trinajstić information content (AvgIpc) is 3.60. The van der Waals surface area contributed by atoms with Crippen LogP contribution in [0.25, 0.3) is 11.3 Å². The minimum atomic E-state index is -1.82. The Morgan fingerprint density at radius 3 is 2.38 bits per heavy atom. The van der Waals surface area contributed by atoms with Gasteiger partial charge in [-0.15, -0.1) is 11.8 Å². The van der Waals surface area contributed by atoms with Crippen molar-refractivity contribution >= 4 is 23.7 Å². The third kappa shape index (κ3) is 6.95. The lowest BCUT2D eigenvalue weighted by atomic mass is 10.00. The second-order valence-corrected chi connectivity index (χ2v) is 11.6. The highest BCUT2D eigenvalue weighted by Gasteiger charge is 2.32. The van der Waals surface area contributed by atoms with Gasteiger partial charge in [-0.3, -0.25) is 0 Å². The number of aromatic nitrogens is 2. The van der Waals surface area contributed by atoms with Gasteiger partial charge in [-0.2, -0.15) is 0 Å². The number of hydrogen-bond acceptors (Lipinski definition) is 7. The molecule has 4 aromatic rings. The van der Waals surface area contributed by atoms with Crippen molar-refractivity contribution in [3.63, 3.8) is 0 Å². The Morgan fingerprint density at radius 1 is 1.00 bits per heavy atom. The van der Waals surface area contributed by atoms with E-state index in [1.54, 1.807) is 18.0 Å². The van der Waals surface area contributed by atoms with Crippen LogP contribution in [0.5, 0.6) is 0 Å². The summed E-state index contributed by atoms with van der Waals surface area (Å²) >= 11 is 1.79. The van der Waals surface area contributed by atoms with Gasteiger partial charge in [0.15, 0.2) is 0 Å². The van der Waals surface area contributed by atoms with Gasteiger partial charge in [-0.25, -0.2) is 14.6 Å². The monoisotopic (exact) mass is 589 g/mol. The van der Waals surface area contributed by atoms with Crippen LogP contribution in [0.3, 0.4) is 0 Å². The highest BCUT2D eigenvalue weighted by molar-refractivity contribution is 7.98. The number of fused-ring (bicyclic) bond motifs is 2. The molecular formula is C32H35N3O6S. The van der Waals surface area contributed by atoms with Crippen molar-refractivity contribution in [2.45, 2.75) is 55.6 Å². The molecule has 0 radical (unpaired) electrons. The van der Waals surface area contributed by atoms with E-state index in [2.05, 4.69) is 72.0 Å². The highest BCUT2D eigenvalue weighted by atomic mass is 32.2. The Hall–Kier alpha value is -3.86. The van der Waals surface area contributed by atoms with E-state index in [0.717, 1.165) is 67.5 Å². The lowest BCUT2D eigenvalue weighted by Gasteiger charge is -2.32. The Bertz CT molecular complexity index is 1500. The van der Waals surface area contributed by atoms with Crippen molar-refractivity contribution < 1.29 is 29.0 Å². The Morgan fingerprint density at radius 2 is 1.71 bits per heavy atom. The molecule has 4 heterocycles. The minimum Gasteiger partial charge on any atom is -0.473 e. The number of aliphatic carboxylic acids is 2. The molecule has 2 aromatic carbocycles. The summed E-state index contributed by atoms with van der Waals surface area (Å²) in [5.41, 5.74) is 6.08. The highest BCUT2D eigenvalue weighted by Crippen LogP contribution is 2.38. The lowest BCUT2D eigenvalue weighted by Crippen LogP contribution is -2.35. The first-order chi connectivity index (χ1) is 20.3. The van der Waals surface area contributed by atoms with E-state index in [1.807, 2.05) is 12.1 Å². The normalized spacial score (nSPS) is 17.0. The number of rotatable bonds is 6. The standard InChI is InChI=1S/C30H33N3O2S.C2H2O4/c1-21-28(23-9-11-26(12-10-23)36-20-25-7-5-19-34-25)31-30-29(35-24-14-16-32(2)17-15-24)27-8-4-3-6-22(27)13-18-33(21)30;3-1(4)2(5)6/h3-12,19,24,29H,13-18,20H2,1-2H3;(H,3,4)(H,5,6). The van der Waals surface area contributed by atoms with Gasteiger partial charge in [-0.05, 0) is 68.6 Å². The number of carbonyl (C=O) groups is 2. The van der Waals surface area contributed by atoms with Crippen LogP contribution in [-0.4, -0.2) is 62.8 Å². The summed E-state index contributed by atoms with van der Waals surface area (Å²) in [4.78, 5) is 27.1. The number of carboxylic acids is 2. The average molecular weight is 590 g/mol. The Labute approximate surface area is 249 Å². The Balaban J connectivity index is 0.000000535. The fraction of sp³-hybridized carbons (Fsp3) is 0.344. The molecule has 1 saturated heterocycles. The SMILES string of the molecule is Cc1c(-c2ccc(SCc3ccco3)cc2)nc2n1CCc1ccccc1C2OC1CCN(C)CC1.O=C(O)C(=O)O. The molecule has 6 rings (SSSR count). The fourth-order valence-electron chi connectivity index (χ4n) is 5.41. The van der Waals surface area contributed by atoms with Gasteiger partial charge >= 0.3 is 11.9 Å². The number of benzene rings is 2. The van der Waals surface area contributed by atoms with Crippen LogP contribution < -0.4 is 0 Å². The van der Waals surface area contributed by atoms with Crippen LogP contribution in [-0.2, 0) is 33.0 Å². The first-order valence-corrected chi connectivity index (χ1v) is 15.0. The van der Waals surface area contributed by atoms with Gasteiger partial charge in [-0.1, -0.05) is 36.4 Å². The molecule has 0 spiro atoms. The molecule has 2 aliphatic heterocycles. The third-order valence-electron chi connectivity index (χ3n) is 7.69. The summed E-state index contributed by atoms with van der Waals surface area (Å²) in [6.07, 6.45) is 4.99. The number of thioether (sulfide) groups is 1. The zero-order valence-corrected chi connectivity index (χ0v) is 24.5. The van der Waals surface area contributed by atoms with Crippen molar-refractivity contribution in [3.8, 4) is 11.3 Å². The molecule has 2 aliphatic rings. The first-order valence-electron chi connectivity index (χ1n) is 14.0. The van der Waals surface area contributed by atoms with E-state index < -0.39 is 11.9 Å². The van der Waals surface area contributed by atoms with Gasteiger partial charge in [0, 0.05) is 35.8 Å². The molecule has 1 unspecified atom stereocenters. The number of piperidine rings is 1. The number of imidazole rings is 1. The van der Waals surface area contributed by atoms with Gasteiger partial charge in [0.25, 0.3) is 0 Å². The summed E-state index contributed by atoms with van der Waals surface area (Å²) in [6.45, 7) is 5.30. The second-order valence-electron chi connectivity index (χ2n) is 10.5. The van der Waals surface area contributed by atoms with E-state index in [9.17, 15) is 0 Å². The quantitative estimate of drug-likeness (QED) is 0.217. The van der Waals surface area contributed by atoms with E-state index in [4.69, 9.17) is 33.9 Å². The molecule has 2 aromatic heterocycles. The van der Waals surface area contributed by atoms with Crippen molar-refractivity contribution in [1.29, 1.82) is 0 Å². The number of likely N-dealkylation sites (tertiary alicyclic amines) is 1. The summed E-state index contributed by atoms with van der Waals surface area (Å²) in [6, 6.07) is 21.5. The third-order valence-corrected chi connectivity index (χ3v) is 8.73. The zero-order chi connectivity index (χ0) is 29.6. The van der Waals surface area contributed by atoms with E-state index in [1.165, 1.54) is 21.7 Å². The maximum atomic E-state index is 9.10. The van der Waals surface area contributed by atoms with Crippen LogP contribution >= 0.6 is 11.8 Å². The number of hydrogen-bond donors (Lipinski definition) is 2. The largest absolute Gasteiger partial charge is 0.473 e. The number of nitrogens with zero attached hydrogens (tertiary/aromatic N) is 3. The topological polar surface area (TPSA) is 118 Å². The van der Waals surface area contributed by atoms with Gasteiger partial charge in [0.2, 0.25) is 0 Å². The fourth-order valence-corrected chi connectivity index (χ4v) is 6.21. The molecule has 1 atom stereocenters. The Kier molecular flexibility index (Phi) is 9.46. The maximum Gasteiger partial charge on any atom is 0.414 e. The van der Waals surface area contributed by atoms with Crippen LogP contribution in [0.1, 0.15) is 47.4 Å². The van der Waals surface area contributed by atoms with Crippen LogP contribution in [0.4, 0.5) is 0 Å². The first kappa shape index (κ1) is 29.6. The number of ether oxygens (including phenoxy) is 1. The van der Waals surface area contributed by atoms with E-state index in [0.29, 0.717) is 0 Å². The van der Waals surface area contributed by atoms with Gasteiger partial charge < -0.3 is 28.8 Å². The second kappa shape index (κ2) is 13.4. The van der Waals surface area contributed by atoms with Gasteiger partial charge in [0.05, 0.1) is 23.8 Å². The van der Waals surface area contributed by atoms with Crippen molar-refractivity contribution in [3.05, 3.63) is 95.3 Å². The predicted molar refractivity (Wildman–Crippen MR) is 160 cm³/mol. The molecular weight excluding hydrogens is 554 g/mol. The molecule has 9 nitrogen and oxygen atoms in total. The maximum absolute atomic E-state index is 9.10. The number of furan rings is 1. The van der Waals surface area contributed by atoms with Crippen LogP contribution in [0, 0.1) is 6.92 Å². The summed E-state index contributed by atoms with van der Waals surface area (Å²) < 4.78 is 14.7. The summed E-state index contributed by atoms with van der Waals surface area (Å²) in [5, 5.41) is 14.8. The molecule has 42 heavy (non-hydrogen) atoms. The molecule has 2 N–H and O–H groups in total. The molecule has 220 valence electrons. The predicted octanol–water partition coefficient (Wildman–Crippen LogP) is 5.66. The summed E-state index contributed by atoms with van der Waals surface area (Å²) in [7, 11) is 2.19. The van der Waals surface area contributed by atoms with Crippen molar-refractivity contribution in [2.75, 3.05) is 20.1 Å². The molecule has 0 saturated carbocycles. The smallest absolute Gasteiger partial charge is 0.414 e. The number of carboxylic acid groups (broad SMARTS) is 2. The molecule has 0 bridgehead atoms. The molecule has 10 heteroatoms. The van der Waals surface area contributed by atoms with Crippen molar-refractivity contribution in [1.82, 2.24) is 14.5 Å². The molecule has 0 aliphatic carbocycles. The molecule has 1 fully saturated rings. The zero-order valence-electron chi connectivity index (χ0n) is 23.7. The van der Waals surface area contributed by atoms with Crippen LogP contribution in [0.2, 0.25) is 0 Å². The summed E-state index contributed by atoms with van der Waals surface area (Å²) in [5.74, 6) is -0.777. The molecule has 0 amide bonds. The van der Waals surface area contributed by atoms with Crippen LogP contribution in [0.15, 0.2) is 76.2 Å². The number of aryl methyl sites for hydroxylation is 1. The van der Waals surface area contributed by atoms with E-state index in [-0.39, 0.29) is 12.2 Å². The van der Waals surface area contributed by atoms with Crippen molar-refractivity contribution in [2.24, 2.45) is 0 Å². The minimum absolute atomic E-state index is 0.132. The lowest BCUT2D eigenvalue weighted by molar-refractivity contribution is -0.159.